The Hall–Kier alpha value is -1.36. The summed E-state index contributed by atoms with van der Waals surface area (Å²) in [7, 11) is 0. The maximum absolute atomic E-state index is 12.0. The molecule has 1 aliphatic carbocycles. The van der Waals surface area contributed by atoms with Crippen LogP contribution in [0.5, 0.6) is 0 Å². The van der Waals surface area contributed by atoms with E-state index in [1.54, 1.807) is 0 Å². The normalized spacial score (nSPS) is 22.5. The Kier molecular flexibility index (Phi) is 6.56. The number of nitrogens with one attached hydrogen (secondary N) is 1. The van der Waals surface area contributed by atoms with Crippen molar-refractivity contribution >= 4 is 11.9 Å². The van der Waals surface area contributed by atoms with Crippen LogP contribution in [0.2, 0.25) is 0 Å². The van der Waals surface area contributed by atoms with Gasteiger partial charge in [-0.2, -0.15) is 0 Å². The van der Waals surface area contributed by atoms with Crippen LogP contribution in [0.4, 0.5) is 0 Å². The van der Waals surface area contributed by atoms with E-state index in [0.29, 0.717) is 26.0 Å². The standard InChI is InChI=1S/C14H23NO4/c1-10(2)19-9-5-8-15-13(16)11-6-3-4-7-12(11)14(17)18/h3-4,10-12H,5-9H2,1-2H3,(H,15,16)(H,17,18)/t11-,12+/m1/s1. The van der Waals surface area contributed by atoms with Crippen molar-refractivity contribution < 1.29 is 19.4 Å². The van der Waals surface area contributed by atoms with E-state index in [-0.39, 0.29) is 12.0 Å². The summed E-state index contributed by atoms with van der Waals surface area (Å²) in [5.74, 6) is -2.11. The Morgan fingerprint density at radius 1 is 1.32 bits per heavy atom. The van der Waals surface area contributed by atoms with Gasteiger partial charge in [0.25, 0.3) is 0 Å². The van der Waals surface area contributed by atoms with Gasteiger partial charge in [0.2, 0.25) is 5.91 Å². The minimum absolute atomic E-state index is 0.165. The highest BCUT2D eigenvalue weighted by Gasteiger charge is 2.33. The van der Waals surface area contributed by atoms with Crippen molar-refractivity contribution in [3.63, 3.8) is 0 Å². The van der Waals surface area contributed by atoms with Crippen molar-refractivity contribution in [2.45, 2.75) is 39.2 Å². The fraction of sp³-hybridized carbons (Fsp3) is 0.714. The summed E-state index contributed by atoms with van der Waals surface area (Å²) in [6.45, 7) is 5.05. The van der Waals surface area contributed by atoms with Crippen molar-refractivity contribution in [2.75, 3.05) is 13.2 Å². The Morgan fingerprint density at radius 3 is 2.53 bits per heavy atom. The molecule has 0 saturated carbocycles. The largest absolute Gasteiger partial charge is 0.481 e. The zero-order valence-corrected chi connectivity index (χ0v) is 11.6. The third-order valence-electron chi connectivity index (χ3n) is 3.16. The van der Waals surface area contributed by atoms with Crippen LogP contribution in [-0.2, 0) is 14.3 Å². The minimum atomic E-state index is -0.896. The first-order valence-electron chi connectivity index (χ1n) is 6.79. The highest BCUT2D eigenvalue weighted by Crippen LogP contribution is 2.25. The molecule has 19 heavy (non-hydrogen) atoms. The molecular formula is C14H23NO4. The van der Waals surface area contributed by atoms with Crippen molar-refractivity contribution in [1.82, 2.24) is 5.32 Å². The lowest BCUT2D eigenvalue weighted by Gasteiger charge is -2.24. The number of hydrogen-bond acceptors (Lipinski definition) is 3. The molecule has 0 aromatic rings. The highest BCUT2D eigenvalue weighted by atomic mass is 16.5. The molecule has 0 spiro atoms. The predicted octanol–water partition coefficient (Wildman–Crippen LogP) is 1.58. The molecule has 0 aliphatic heterocycles. The van der Waals surface area contributed by atoms with E-state index >= 15 is 0 Å². The average Bonchev–Trinajstić information content (AvgIpc) is 2.37. The van der Waals surface area contributed by atoms with E-state index in [1.807, 2.05) is 26.0 Å². The summed E-state index contributed by atoms with van der Waals surface area (Å²) in [4.78, 5) is 23.0. The number of amides is 1. The SMILES string of the molecule is CC(C)OCCCNC(=O)[C@@H]1CC=CC[C@@H]1C(=O)O. The number of carboxylic acid groups (broad SMARTS) is 1. The van der Waals surface area contributed by atoms with Gasteiger partial charge in [0.15, 0.2) is 0 Å². The van der Waals surface area contributed by atoms with Crippen LogP contribution in [-0.4, -0.2) is 36.2 Å². The van der Waals surface area contributed by atoms with Gasteiger partial charge < -0.3 is 15.2 Å². The van der Waals surface area contributed by atoms with Gasteiger partial charge in [-0.05, 0) is 33.1 Å². The molecule has 108 valence electrons. The molecule has 2 atom stereocenters. The number of ether oxygens (including phenoxy) is 1. The van der Waals surface area contributed by atoms with E-state index in [2.05, 4.69) is 5.32 Å². The zero-order chi connectivity index (χ0) is 14.3. The fourth-order valence-electron chi connectivity index (χ4n) is 2.11. The van der Waals surface area contributed by atoms with Gasteiger partial charge in [-0.1, -0.05) is 12.2 Å². The minimum Gasteiger partial charge on any atom is -0.481 e. The first-order chi connectivity index (χ1) is 9.02. The first kappa shape index (κ1) is 15.7. The lowest BCUT2D eigenvalue weighted by molar-refractivity contribution is -0.147. The summed E-state index contributed by atoms with van der Waals surface area (Å²) in [6, 6.07) is 0. The summed E-state index contributed by atoms with van der Waals surface area (Å²) in [5, 5.41) is 11.9. The van der Waals surface area contributed by atoms with Gasteiger partial charge in [-0.25, -0.2) is 0 Å². The Balaban J connectivity index is 2.31. The molecule has 0 fully saturated rings. The van der Waals surface area contributed by atoms with Crippen LogP contribution in [0, 0.1) is 11.8 Å². The lowest BCUT2D eigenvalue weighted by Crippen LogP contribution is -2.39. The topological polar surface area (TPSA) is 75.6 Å². The van der Waals surface area contributed by atoms with Crippen molar-refractivity contribution in [1.29, 1.82) is 0 Å². The maximum atomic E-state index is 12.0. The van der Waals surface area contributed by atoms with Gasteiger partial charge >= 0.3 is 5.97 Å². The number of aliphatic carboxylic acids is 1. The van der Waals surface area contributed by atoms with Crippen molar-refractivity contribution in [2.24, 2.45) is 11.8 Å². The van der Waals surface area contributed by atoms with E-state index in [0.717, 1.165) is 6.42 Å². The number of carbonyl (C=O) groups excluding carboxylic acids is 1. The van der Waals surface area contributed by atoms with Gasteiger partial charge in [0, 0.05) is 13.2 Å². The molecule has 1 aliphatic rings. The zero-order valence-electron chi connectivity index (χ0n) is 11.6. The summed E-state index contributed by atoms with van der Waals surface area (Å²) in [6.07, 6.45) is 5.58. The van der Waals surface area contributed by atoms with Crippen LogP contribution in [0.1, 0.15) is 33.1 Å². The lowest BCUT2D eigenvalue weighted by atomic mass is 9.82. The number of allylic oxidation sites excluding steroid dienone is 2. The molecule has 5 nitrogen and oxygen atoms in total. The summed E-state index contributed by atoms with van der Waals surface area (Å²) in [5.41, 5.74) is 0. The number of rotatable bonds is 7. The highest BCUT2D eigenvalue weighted by molar-refractivity contribution is 5.85. The Morgan fingerprint density at radius 2 is 1.95 bits per heavy atom. The molecule has 0 unspecified atom stereocenters. The molecule has 0 radical (unpaired) electrons. The van der Waals surface area contributed by atoms with Crippen LogP contribution in [0.25, 0.3) is 0 Å². The summed E-state index contributed by atoms with van der Waals surface area (Å²) >= 11 is 0. The second-order valence-electron chi connectivity index (χ2n) is 5.06. The van der Waals surface area contributed by atoms with E-state index < -0.39 is 17.8 Å². The van der Waals surface area contributed by atoms with Crippen LogP contribution in [0.3, 0.4) is 0 Å². The van der Waals surface area contributed by atoms with Gasteiger partial charge in [-0.15, -0.1) is 0 Å². The molecule has 1 amide bonds. The van der Waals surface area contributed by atoms with E-state index in [9.17, 15) is 9.59 Å². The third-order valence-corrected chi connectivity index (χ3v) is 3.16. The number of hydrogen-bond donors (Lipinski definition) is 2. The molecular weight excluding hydrogens is 246 g/mol. The molecule has 0 saturated heterocycles. The quantitative estimate of drug-likeness (QED) is 0.543. The van der Waals surface area contributed by atoms with Crippen LogP contribution in [0.15, 0.2) is 12.2 Å². The third kappa shape index (κ3) is 5.42. The van der Waals surface area contributed by atoms with E-state index in [4.69, 9.17) is 9.84 Å². The molecule has 1 rings (SSSR count). The molecule has 5 heteroatoms. The molecule has 0 aromatic heterocycles. The van der Waals surface area contributed by atoms with E-state index in [1.165, 1.54) is 0 Å². The first-order valence-corrected chi connectivity index (χ1v) is 6.79. The fourth-order valence-corrected chi connectivity index (χ4v) is 2.11. The Labute approximate surface area is 114 Å². The monoisotopic (exact) mass is 269 g/mol. The summed E-state index contributed by atoms with van der Waals surface area (Å²) < 4.78 is 5.37. The second-order valence-corrected chi connectivity index (χ2v) is 5.06. The van der Waals surface area contributed by atoms with Gasteiger partial charge in [0.05, 0.1) is 17.9 Å². The van der Waals surface area contributed by atoms with Crippen LogP contribution >= 0.6 is 0 Å². The number of carbonyl (C=O) groups is 2. The molecule has 0 bridgehead atoms. The smallest absolute Gasteiger partial charge is 0.307 e. The molecule has 0 heterocycles. The predicted molar refractivity (Wildman–Crippen MR) is 71.7 cm³/mol. The molecule has 2 N–H and O–H groups in total. The maximum Gasteiger partial charge on any atom is 0.307 e. The molecule has 0 aromatic carbocycles. The average molecular weight is 269 g/mol. The van der Waals surface area contributed by atoms with Crippen LogP contribution < -0.4 is 5.32 Å². The van der Waals surface area contributed by atoms with Gasteiger partial charge in [0.1, 0.15) is 0 Å². The Bertz CT molecular complexity index is 338. The number of carboxylic acids is 1. The van der Waals surface area contributed by atoms with Crippen molar-refractivity contribution in [3.8, 4) is 0 Å². The van der Waals surface area contributed by atoms with Crippen molar-refractivity contribution in [3.05, 3.63) is 12.2 Å². The van der Waals surface area contributed by atoms with Gasteiger partial charge in [-0.3, -0.25) is 9.59 Å². The second kappa shape index (κ2) is 7.94.